The molecule has 0 aliphatic heterocycles. The maximum Gasteiger partial charge on any atom is 0.276 e. The summed E-state index contributed by atoms with van der Waals surface area (Å²) in [6.45, 7) is 4.01. The number of hydrogen-bond acceptors (Lipinski definition) is 6. The molecule has 2 aromatic carbocycles. The lowest BCUT2D eigenvalue weighted by molar-refractivity contribution is -0.113. The van der Waals surface area contributed by atoms with E-state index < -0.39 is 0 Å². The summed E-state index contributed by atoms with van der Waals surface area (Å²) in [7, 11) is 0. The second-order valence-electron chi connectivity index (χ2n) is 6.96. The molecule has 4 aromatic rings. The Hall–Kier alpha value is -2.55. The normalized spacial score (nSPS) is 11.1. The van der Waals surface area contributed by atoms with Gasteiger partial charge in [0.2, 0.25) is 5.91 Å². The maximum atomic E-state index is 13.3. The predicted octanol–water partition coefficient (Wildman–Crippen LogP) is 5.52. The van der Waals surface area contributed by atoms with E-state index in [1.54, 1.807) is 16.3 Å². The number of rotatable bonds is 6. The summed E-state index contributed by atoms with van der Waals surface area (Å²) < 4.78 is 2.25. The summed E-state index contributed by atoms with van der Waals surface area (Å²) in [6, 6.07) is 15.4. The number of fused-ring (bicyclic) bond motifs is 1. The topological polar surface area (TPSA) is 64.0 Å². The van der Waals surface area contributed by atoms with Crippen molar-refractivity contribution >= 4 is 56.7 Å². The molecule has 158 valence electrons. The molecule has 1 N–H and O–H groups in total. The van der Waals surface area contributed by atoms with E-state index in [0.717, 1.165) is 27.4 Å². The van der Waals surface area contributed by atoms with E-state index >= 15 is 0 Å². The Morgan fingerprint density at radius 3 is 2.77 bits per heavy atom. The second kappa shape index (κ2) is 9.30. The molecule has 0 saturated heterocycles. The lowest BCUT2D eigenvalue weighted by Crippen LogP contribution is -2.23. The van der Waals surface area contributed by atoms with Crippen LogP contribution in [0.4, 0.5) is 5.69 Å². The van der Waals surface area contributed by atoms with Gasteiger partial charge in [-0.25, -0.2) is 4.98 Å². The molecule has 0 aliphatic rings. The van der Waals surface area contributed by atoms with Crippen molar-refractivity contribution in [1.82, 2.24) is 9.55 Å². The fourth-order valence-electron chi connectivity index (χ4n) is 3.21. The Labute approximate surface area is 192 Å². The van der Waals surface area contributed by atoms with Gasteiger partial charge in [0.15, 0.2) is 5.16 Å². The van der Waals surface area contributed by atoms with Gasteiger partial charge in [-0.2, -0.15) is 0 Å². The molecule has 0 aliphatic carbocycles. The van der Waals surface area contributed by atoms with Crippen LogP contribution in [-0.2, 0) is 4.79 Å². The van der Waals surface area contributed by atoms with Crippen LogP contribution >= 0.6 is 34.9 Å². The number of anilines is 1. The van der Waals surface area contributed by atoms with E-state index in [0.29, 0.717) is 15.4 Å². The van der Waals surface area contributed by atoms with Crippen LogP contribution in [0.2, 0.25) is 0 Å². The van der Waals surface area contributed by atoms with Crippen molar-refractivity contribution in [2.24, 2.45) is 0 Å². The van der Waals surface area contributed by atoms with Gasteiger partial charge in [0.1, 0.15) is 4.70 Å². The molecule has 0 spiro atoms. The molecular formula is C23H21N3O2S3. The van der Waals surface area contributed by atoms with E-state index in [9.17, 15) is 9.59 Å². The van der Waals surface area contributed by atoms with Crippen LogP contribution in [0.5, 0.6) is 0 Å². The zero-order valence-electron chi connectivity index (χ0n) is 17.3. The van der Waals surface area contributed by atoms with Gasteiger partial charge in [0.25, 0.3) is 5.56 Å². The zero-order valence-corrected chi connectivity index (χ0v) is 19.8. The van der Waals surface area contributed by atoms with E-state index in [1.165, 1.54) is 23.1 Å². The van der Waals surface area contributed by atoms with Crippen LogP contribution in [0.1, 0.15) is 11.1 Å². The first-order chi connectivity index (χ1) is 15.0. The summed E-state index contributed by atoms with van der Waals surface area (Å²) in [5.74, 6) is 0.00613. The fourth-order valence-corrected chi connectivity index (χ4v) is 5.23. The molecule has 4 rings (SSSR count). The number of carbonyl (C=O) groups excluding carboxylic acids is 1. The van der Waals surface area contributed by atoms with Gasteiger partial charge in [0.05, 0.1) is 17.0 Å². The van der Waals surface area contributed by atoms with Gasteiger partial charge < -0.3 is 5.32 Å². The van der Waals surface area contributed by atoms with Crippen molar-refractivity contribution in [3.05, 3.63) is 75.4 Å². The highest BCUT2D eigenvalue weighted by atomic mass is 32.2. The van der Waals surface area contributed by atoms with Gasteiger partial charge in [-0.05, 0) is 66.9 Å². The van der Waals surface area contributed by atoms with Gasteiger partial charge in [-0.15, -0.1) is 23.1 Å². The van der Waals surface area contributed by atoms with E-state index in [2.05, 4.69) is 5.32 Å². The van der Waals surface area contributed by atoms with E-state index in [1.807, 2.05) is 74.0 Å². The van der Waals surface area contributed by atoms with E-state index in [-0.39, 0.29) is 17.2 Å². The lowest BCUT2D eigenvalue weighted by Gasteiger charge is -2.15. The molecule has 0 unspecified atom stereocenters. The van der Waals surface area contributed by atoms with E-state index in [4.69, 9.17) is 4.98 Å². The second-order valence-corrected chi connectivity index (χ2v) is 9.70. The Kier molecular flexibility index (Phi) is 6.50. The first-order valence-electron chi connectivity index (χ1n) is 9.61. The highest BCUT2D eigenvalue weighted by Crippen LogP contribution is 2.26. The third-order valence-electron chi connectivity index (χ3n) is 4.95. The fraction of sp³-hybridized carbons (Fsp3) is 0.174. The van der Waals surface area contributed by atoms with Gasteiger partial charge >= 0.3 is 0 Å². The largest absolute Gasteiger partial charge is 0.325 e. The molecule has 0 atom stereocenters. The van der Waals surface area contributed by atoms with Gasteiger partial charge in [-0.1, -0.05) is 30.0 Å². The minimum Gasteiger partial charge on any atom is -0.325 e. The predicted molar refractivity (Wildman–Crippen MR) is 132 cm³/mol. The number of thiophene rings is 1. The highest BCUT2D eigenvalue weighted by Gasteiger charge is 2.17. The Bertz CT molecular complexity index is 1330. The molecule has 2 aromatic heterocycles. The number of benzene rings is 2. The van der Waals surface area contributed by atoms with Crippen molar-refractivity contribution in [2.75, 3.05) is 17.3 Å². The third-order valence-corrected chi connectivity index (χ3v) is 7.51. The van der Waals surface area contributed by atoms with Crippen molar-refractivity contribution in [1.29, 1.82) is 0 Å². The molecular weight excluding hydrogens is 446 g/mol. The number of thioether (sulfide) groups is 2. The summed E-state index contributed by atoms with van der Waals surface area (Å²) >= 11 is 4.27. The minimum absolute atomic E-state index is 0.107. The molecule has 0 radical (unpaired) electrons. The number of nitrogens with zero attached hydrogens (tertiary/aromatic N) is 2. The van der Waals surface area contributed by atoms with Crippen molar-refractivity contribution in [3.8, 4) is 5.69 Å². The third kappa shape index (κ3) is 4.56. The molecule has 31 heavy (non-hydrogen) atoms. The van der Waals surface area contributed by atoms with Crippen LogP contribution in [-0.4, -0.2) is 27.5 Å². The molecule has 0 bridgehead atoms. The standard InChI is InChI=1S/C23H21N3O2S3/c1-14-6-4-9-19(15(14)2)26-22(28)21-18(10-11-30-21)25-23(26)31-13-20(27)24-16-7-5-8-17(12-16)29-3/h4-12H,13H2,1-3H3,(H,24,27). The van der Waals surface area contributed by atoms with Crippen molar-refractivity contribution in [2.45, 2.75) is 23.9 Å². The van der Waals surface area contributed by atoms with Gasteiger partial charge in [-0.3, -0.25) is 14.2 Å². The lowest BCUT2D eigenvalue weighted by atomic mass is 10.1. The minimum atomic E-state index is -0.143. The SMILES string of the molecule is CSc1cccc(NC(=O)CSc2nc3ccsc3c(=O)n2-c2cccc(C)c2C)c1. The Balaban J connectivity index is 1.66. The maximum absolute atomic E-state index is 13.3. The first kappa shape index (κ1) is 21.7. The number of amides is 1. The van der Waals surface area contributed by atoms with Crippen LogP contribution in [0.3, 0.4) is 0 Å². The molecule has 1 amide bonds. The number of aromatic nitrogens is 2. The molecule has 0 fully saturated rings. The number of hydrogen-bond donors (Lipinski definition) is 1. The Morgan fingerprint density at radius 2 is 1.97 bits per heavy atom. The summed E-state index contributed by atoms with van der Waals surface area (Å²) in [5.41, 5.74) is 4.21. The molecule has 8 heteroatoms. The number of nitrogens with one attached hydrogen (secondary N) is 1. The van der Waals surface area contributed by atoms with Crippen LogP contribution in [0.25, 0.3) is 15.9 Å². The number of aryl methyl sites for hydroxylation is 1. The Morgan fingerprint density at radius 1 is 1.16 bits per heavy atom. The first-order valence-corrected chi connectivity index (χ1v) is 12.7. The quantitative estimate of drug-likeness (QED) is 0.299. The highest BCUT2D eigenvalue weighted by molar-refractivity contribution is 7.99. The van der Waals surface area contributed by atoms with Gasteiger partial charge in [0, 0.05) is 10.6 Å². The van der Waals surface area contributed by atoms with Crippen molar-refractivity contribution < 1.29 is 4.79 Å². The summed E-state index contributed by atoms with van der Waals surface area (Å²) in [5, 5.41) is 5.31. The molecule has 2 heterocycles. The smallest absolute Gasteiger partial charge is 0.276 e. The summed E-state index contributed by atoms with van der Waals surface area (Å²) in [6.07, 6.45) is 2.00. The molecule has 5 nitrogen and oxygen atoms in total. The average molecular weight is 468 g/mol. The zero-order chi connectivity index (χ0) is 22.0. The van der Waals surface area contributed by atoms with Crippen LogP contribution in [0, 0.1) is 13.8 Å². The van der Waals surface area contributed by atoms with Crippen molar-refractivity contribution in [3.63, 3.8) is 0 Å². The van der Waals surface area contributed by atoms with Crippen LogP contribution in [0.15, 0.2) is 68.8 Å². The number of carbonyl (C=O) groups is 1. The summed E-state index contributed by atoms with van der Waals surface area (Å²) in [4.78, 5) is 31.7. The average Bonchev–Trinajstić information content (AvgIpc) is 3.24. The van der Waals surface area contributed by atoms with Crippen LogP contribution < -0.4 is 10.9 Å². The monoisotopic (exact) mass is 467 g/mol. The molecule has 0 saturated carbocycles.